The van der Waals surface area contributed by atoms with Gasteiger partial charge in [0.15, 0.2) is 0 Å². The van der Waals surface area contributed by atoms with E-state index in [1.807, 2.05) is 13.0 Å². The van der Waals surface area contributed by atoms with Crippen LogP contribution in [0.2, 0.25) is 0 Å². The summed E-state index contributed by atoms with van der Waals surface area (Å²) in [7, 11) is 1.57. The third-order valence-electron chi connectivity index (χ3n) is 2.78. The predicted octanol–water partition coefficient (Wildman–Crippen LogP) is 3.53. The molecule has 4 nitrogen and oxygen atoms in total. The highest BCUT2D eigenvalue weighted by molar-refractivity contribution is 9.10. The van der Waals surface area contributed by atoms with Crippen LogP contribution >= 0.6 is 15.9 Å². The smallest absolute Gasteiger partial charge is 0.335 e. The molecule has 5 heteroatoms. The number of carboxylic acid groups (broad SMARTS) is 1. The molecule has 0 aliphatic heterocycles. The van der Waals surface area contributed by atoms with Gasteiger partial charge in [-0.1, -0.05) is 22.0 Å². The SMILES string of the molecule is COc1ccc(-c2ccc(C(=O)O)cc2Br)c(C)n1. The number of hydrogen-bond donors (Lipinski definition) is 1. The van der Waals surface area contributed by atoms with Gasteiger partial charge in [-0.25, -0.2) is 9.78 Å². The van der Waals surface area contributed by atoms with Crippen molar-refractivity contribution in [1.29, 1.82) is 0 Å². The average Bonchev–Trinajstić information content (AvgIpc) is 2.39. The molecule has 0 saturated carbocycles. The number of rotatable bonds is 3. The van der Waals surface area contributed by atoms with Gasteiger partial charge in [-0.2, -0.15) is 0 Å². The monoisotopic (exact) mass is 321 g/mol. The molecule has 0 aliphatic carbocycles. The van der Waals surface area contributed by atoms with Crippen molar-refractivity contribution in [3.63, 3.8) is 0 Å². The fourth-order valence-corrected chi connectivity index (χ4v) is 2.40. The number of aromatic nitrogens is 1. The van der Waals surface area contributed by atoms with Crippen LogP contribution in [0, 0.1) is 6.92 Å². The minimum atomic E-state index is -0.947. The molecule has 0 unspecified atom stereocenters. The van der Waals surface area contributed by atoms with Crippen LogP contribution < -0.4 is 4.74 Å². The Balaban J connectivity index is 2.50. The summed E-state index contributed by atoms with van der Waals surface area (Å²) in [5.74, 6) is -0.392. The Hall–Kier alpha value is -1.88. The van der Waals surface area contributed by atoms with E-state index in [-0.39, 0.29) is 5.56 Å². The molecule has 0 fully saturated rings. The van der Waals surface area contributed by atoms with E-state index in [0.29, 0.717) is 5.88 Å². The van der Waals surface area contributed by atoms with Gasteiger partial charge in [0.1, 0.15) is 0 Å². The quantitative estimate of drug-likeness (QED) is 0.939. The summed E-state index contributed by atoms with van der Waals surface area (Å²) in [6.45, 7) is 1.88. The topological polar surface area (TPSA) is 59.4 Å². The second-order valence-corrected chi connectivity index (χ2v) is 4.84. The first kappa shape index (κ1) is 13.5. The minimum Gasteiger partial charge on any atom is -0.481 e. The number of carbonyl (C=O) groups is 1. The van der Waals surface area contributed by atoms with E-state index in [9.17, 15) is 4.79 Å². The van der Waals surface area contributed by atoms with Gasteiger partial charge in [0, 0.05) is 21.8 Å². The van der Waals surface area contributed by atoms with E-state index >= 15 is 0 Å². The van der Waals surface area contributed by atoms with Crippen molar-refractivity contribution in [3.05, 3.63) is 46.1 Å². The van der Waals surface area contributed by atoms with Crippen molar-refractivity contribution in [2.24, 2.45) is 0 Å². The number of nitrogens with zero attached hydrogens (tertiary/aromatic N) is 1. The van der Waals surface area contributed by atoms with Gasteiger partial charge in [-0.15, -0.1) is 0 Å². The zero-order valence-corrected chi connectivity index (χ0v) is 12.1. The van der Waals surface area contributed by atoms with Gasteiger partial charge >= 0.3 is 5.97 Å². The number of aryl methyl sites for hydroxylation is 1. The molecule has 98 valence electrons. The Morgan fingerprint density at radius 3 is 2.47 bits per heavy atom. The van der Waals surface area contributed by atoms with Crippen molar-refractivity contribution in [2.45, 2.75) is 6.92 Å². The lowest BCUT2D eigenvalue weighted by molar-refractivity contribution is 0.0697. The number of benzene rings is 1. The van der Waals surface area contributed by atoms with Crippen LogP contribution in [-0.4, -0.2) is 23.2 Å². The fourth-order valence-electron chi connectivity index (χ4n) is 1.80. The highest BCUT2D eigenvalue weighted by Crippen LogP contribution is 2.31. The highest BCUT2D eigenvalue weighted by Gasteiger charge is 2.11. The van der Waals surface area contributed by atoms with Crippen molar-refractivity contribution >= 4 is 21.9 Å². The van der Waals surface area contributed by atoms with Gasteiger partial charge in [-0.05, 0) is 30.7 Å². The molecule has 1 aromatic carbocycles. The molecule has 0 atom stereocenters. The maximum absolute atomic E-state index is 10.9. The Morgan fingerprint density at radius 1 is 1.26 bits per heavy atom. The Labute approximate surface area is 119 Å². The zero-order chi connectivity index (χ0) is 14.0. The lowest BCUT2D eigenvalue weighted by Gasteiger charge is -2.09. The number of ether oxygens (including phenoxy) is 1. The molecule has 2 rings (SSSR count). The first-order valence-corrected chi connectivity index (χ1v) is 6.37. The number of hydrogen-bond acceptors (Lipinski definition) is 3. The lowest BCUT2D eigenvalue weighted by atomic mass is 10.0. The van der Waals surface area contributed by atoms with Crippen LogP contribution in [0.4, 0.5) is 0 Å². The Kier molecular flexibility index (Phi) is 3.85. The van der Waals surface area contributed by atoms with Gasteiger partial charge in [0.2, 0.25) is 5.88 Å². The van der Waals surface area contributed by atoms with Gasteiger partial charge in [0.25, 0.3) is 0 Å². The summed E-state index contributed by atoms with van der Waals surface area (Å²) in [4.78, 5) is 15.2. The van der Waals surface area contributed by atoms with E-state index in [0.717, 1.165) is 21.3 Å². The number of aromatic carboxylic acids is 1. The summed E-state index contributed by atoms with van der Waals surface area (Å²) in [6, 6.07) is 8.61. The van der Waals surface area contributed by atoms with Crippen molar-refractivity contribution in [1.82, 2.24) is 4.98 Å². The first-order chi connectivity index (χ1) is 9.02. The second-order valence-electron chi connectivity index (χ2n) is 3.99. The molecule has 0 bridgehead atoms. The summed E-state index contributed by atoms with van der Waals surface area (Å²) in [5, 5.41) is 8.94. The van der Waals surface area contributed by atoms with E-state index < -0.39 is 5.97 Å². The number of carboxylic acids is 1. The number of methoxy groups -OCH3 is 1. The lowest BCUT2D eigenvalue weighted by Crippen LogP contribution is -1.97. The molecular formula is C14H12BrNO3. The molecule has 0 spiro atoms. The standard InChI is InChI=1S/C14H12BrNO3/c1-8-10(5-6-13(16-8)19-2)11-4-3-9(14(17)18)7-12(11)15/h3-7H,1-2H3,(H,17,18). The molecule has 2 aromatic rings. The molecular weight excluding hydrogens is 310 g/mol. The summed E-state index contributed by atoms with van der Waals surface area (Å²) >= 11 is 3.40. The van der Waals surface area contributed by atoms with Crippen LogP contribution in [0.15, 0.2) is 34.8 Å². The third-order valence-corrected chi connectivity index (χ3v) is 3.43. The fraction of sp³-hybridized carbons (Fsp3) is 0.143. The molecule has 0 aliphatic rings. The molecule has 0 saturated heterocycles. The molecule has 1 aromatic heterocycles. The molecule has 1 N–H and O–H groups in total. The van der Waals surface area contributed by atoms with Crippen LogP contribution in [0.1, 0.15) is 16.1 Å². The summed E-state index contributed by atoms with van der Waals surface area (Å²) in [5.41, 5.74) is 2.90. The average molecular weight is 322 g/mol. The van der Waals surface area contributed by atoms with Crippen LogP contribution in [0.5, 0.6) is 5.88 Å². The summed E-state index contributed by atoms with van der Waals surface area (Å²) in [6.07, 6.45) is 0. The van der Waals surface area contributed by atoms with Gasteiger partial charge in [-0.3, -0.25) is 0 Å². The van der Waals surface area contributed by atoms with Gasteiger partial charge < -0.3 is 9.84 Å². The first-order valence-electron chi connectivity index (χ1n) is 5.58. The van der Waals surface area contributed by atoms with Crippen molar-refractivity contribution in [3.8, 4) is 17.0 Å². The van der Waals surface area contributed by atoms with Crippen LogP contribution in [0.25, 0.3) is 11.1 Å². The van der Waals surface area contributed by atoms with E-state index in [1.165, 1.54) is 0 Å². The van der Waals surface area contributed by atoms with E-state index in [4.69, 9.17) is 9.84 Å². The maximum atomic E-state index is 10.9. The molecule has 0 amide bonds. The maximum Gasteiger partial charge on any atom is 0.335 e. The Bertz CT molecular complexity index is 641. The largest absolute Gasteiger partial charge is 0.481 e. The molecule has 19 heavy (non-hydrogen) atoms. The molecule has 1 heterocycles. The van der Waals surface area contributed by atoms with E-state index in [1.54, 1.807) is 31.4 Å². The number of pyridine rings is 1. The number of halogens is 1. The Morgan fingerprint density at radius 2 is 1.95 bits per heavy atom. The normalized spacial score (nSPS) is 10.3. The van der Waals surface area contributed by atoms with Gasteiger partial charge in [0.05, 0.1) is 12.7 Å². The zero-order valence-electron chi connectivity index (χ0n) is 10.5. The second kappa shape index (κ2) is 5.40. The highest BCUT2D eigenvalue weighted by atomic mass is 79.9. The molecule has 0 radical (unpaired) electrons. The third kappa shape index (κ3) is 2.76. The van der Waals surface area contributed by atoms with Crippen LogP contribution in [-0.2, 0) is 0 Å². The minimum absolute atomic E-state index is 0.245. The van der Waals surface area contributed by atoms with Crippen molar-refractivity contribution in [2.75, 3.05) is 7.11 Å². The summed E-state index contributed by atoms with van der Waals surface area (Å²) < 4.78 is 5.79. The van der Waals surface area contributed by atoms with Crippen LogP contribution in [0.3, 0.4) is 0 Å². The van der Waals surface area contributed by atoms with E-state index in [2.05, 4.69) is 20.9 Å². The van der Waals surface area contributed by atoms with Crippen molar-refractivity contribution < 1.29 is 14.6 Å². The predicted molar refractivity (Wildman–Crippen MR) is 75.6 cm³/mol.